The fourth-order valence-corrected chi connectivity index (χ4v) is 4.06. The van der Waals surface area contributed by atoms with Crippen LogP contribution in [0.4, 0.5) is 0 Å². The van der Waals surface area contributed by atoms with Crippen LogP contribution in [-0.4, -0.2) is 42.0 Å². The van der Waals surface area contributed by atoms with Crippen LogP contribution in [0.3, 0.4) is 0 Å². The van der Waals surface area contributed by atoms with Crippen LogP contribution in [0.1, 0.15) is 37.1 Å². The highest BCUT2D eigenvalue weighted by atomic mass is 32.1. The molecule has 3 rings (SSSR count). The Labute approximate surface area is 108 Å². The van der Waals surface area contributed by atoms with E-state index < -0.39 is 0 Å². The van der Waals surface area contributed by atoms with Gasteiger partial charge in [0.15, 0.2) is 0 Å². The van der Waals surface area contributed by atoms with Crippen molar-refractivity contribution in [2.24, 2.45) is 0 Å². The topological polar surface area (TPSA) is 6.48 Å². The van der Waals surface area contributed by atoms with Crippen LogP contribution in [0, 0.1) is 0 Å². The summed E-state index contributed by atoms with van der Waals surface area (Å²) in [6.45, 7) is 7.51. The fraction of sp³-hybridized carbons (Fsp3) is 0.714. The zero-order valence-electron chi connectivity index (χ0n) is 10.6. The van der Waals surface area contributed by atoms with Gasteiger partial charge in [-0.15, -0.1) is 11.3 Å². The maximum atomic E-state index is 2.71. The highest BCUT2D eigenvalue weighted by molar-refractivity contribution is 7.10. The number of nitrogens with zero attached hydrogens (tertiary/aromatic N) is 2. The van der Waals surface area contributed by atoms with E-state index in [0.717, 1.165) is 6.04 Å². The first-order chi connectivity index (χ1) is 8.34. The second-order valence-electron chi connectivity index (χ2n) is 5.37. The second-order valence-corrected chi connectivity index (χ2v) is 6.35. The Balaban J connectivity index is 1.65. The van der Waals surface area contributed by atoms with Crippen LogP contribution in [0.15, 0.2) is 17.5 Å². The molecule has 2 fully saturated rings. The molecule has 0 aromatic carbocycles. The van der Waals surface area contributed by atoms with Crippen molar-refractivity contribution in [3.8, 4) is 0 Å². The molecule has 2 unspecified atom stereocenters. The monoisotopic (exact) mass is 250 g/mol. The first-order valence-corrected chi connectivity index (χ1v) is 7.74. The Bertz CT molecular complexity index is 349. The molecule has 2 aliphatic rings. The summed E-state index contributed by atoms with van der Waals surface area (Å²) in [6, 6.07) is 5.90. The van der Waals surface area contributed by atoms with Gasteiger partial charge in [-0.1, -0.05) is 12.5 Å². The molecular weight excluding hydrogens is 228 g/mol. The number of hydrogen-bond acceptors (Lipinski definition) is 3. The number of piperidine rings is 1. The zero-order valence-corrected chi connectivity index (χ0v) is 11.5. The minimum Gasteiger partial charge on any atom is -0.298 e. The molecule has 1 aromatic heterocycles. The largest absolute Gasteiger partial charge is 0.298 e. The summed E-state index contributed by atoms with van der Waals surface area (Å²) < 4.78 is 0. The lowest BCUT2D eigenvalue weighted by Crippen LogP contribution is -2.55. The number of fused-ring (bicyclic) bond motifs is 1. The van der Waals surface area contributed by atoms with Crippen molar-refractivity contribution in [2.75, 3.05) is 26.2 Å². The lowest BCUT2D eigenvalue weighted by atomic mass is 9.98. The molecule has 0 saturated carbocycles. The molecule has 2 atom stereocenters. The van der Waals surface area contributed by atoms with Crippen molar-refractivity contribution in [3.63, 3.8) is 0 Å². The van der Waals surface area contributed by atoms with Crippen LogP contribution in [-0.2, 0) is 0 Å². The number of rotatable bonds is 2. The molecule has 0 bridgehead atoms. The summed E-state index contributed by atoms with van der Waals surface area (Å²) in [4.78, 5) is 6.91. The molecule has 2 nitrogen and oxygen atoms in total. The van der Waals surface area contributed by atoms with Gasteiger partial charge >= 0.3 is 0 Å². The average molecular weight is 250 g/mol. The van der Waals surface area contributed by atoms with Gasteiger partial charge in [-0.25, -0.2) is 0 Å². The molecule has 3 heterocycles. The molecule has 3 heteroatoms. The van der Waals surface area contributed by atoms with Crippen molar-refractivity contribution < 1.29 is 0 Å². The SMILES string of the molecule is CC(c1cccs1)N1CCN2CCCCC2C1. The Kier molecular flexibility index (Phi) is 3.50. The van der Waals surface area contributed by atoms with Crippen molar-refractivity contribution in [2.45, 2.75) is 38.3 Å². The highest BCUT2D eigenvalue weighted by Crippen LogP contribution is 2.29. The summed E-state index contributed by atoms with van der Waals surface area (Å²) in [7, 11) is 0. The smallest absolute Gasteiger partial charge is 0.0414 e. The van der Waals surface area contributed by atoms with E-state index in [9.17, 15) is 0 Å². The van der Waals surface area contributed by atoms with E-state index in [1.165, 1.54) is 50.3 Å². The van der Waals surface area contributed by atoms with Crippen molar-refractivity contribution >= 4 is 11.3 Å². The predicted molar refractivity (Wildman–Crippen MR) is 73.5 cm³/mol. The van der Waals surface area contributed by atoms with Crippen molar-refractivity contribution in [3.05, 3.63) is 22.4 Å². The third-order valence-electron chi connectivity index (χ3n) is 4.37. The molecule has 17 heavy (non-hydrogen) atoms. The van der Waals surface area contributed by atoms with Gasteiger partial charge in [0.1, 0.15) is 0 Å². The van der Waals surface area contributed by atoms with Gasteiger partial charge in [0.05, 0.1) is 0 Å². The molecule has 0 amide bonds. The maximum Gasteiger partial charge on any atom is 0.0414 e. The minimum absolute atomic E-state index is 0.610. The lowest BCUT2D eigenvalue weighted by Gasteiger charge is -2.45. The summed E-state index contributed by atoms with van der Waals surface area (Å²) in [5.74, 6) is 0. The Morgan fingerprint density at radius 3 is 3.06 bits per heavy atom. The van der Waals surface area contributed by atoms with Gasteiger partial charge in [-0.3, -0.25) is 9.80 Å². The van der Waals surface area contributed by atoms with E-state index in [1.807, 2.05) is 11.3 Å². The molecular formula is C14H22N2S. The average Bonchev–Trinajstić information content (AvgIpc) is 2.91. The summed E-state index contributed by atoms with van der Waals surface area (Å²) in [6.07, 6.45) is 4.26. The maximum absolute atomic E-state index is 2.71. The summed E-state index contributed by atoms with van der Waals surface area (Å²) in [5.41, 5.74) is 0. The van der Waals surface area contributed by atoms with Crippen LogP contribution < -0.4 is 0 Å². The van der Waals surface area contributed by atoms with E-state index >= 15 is 0 Å². The first kappa shape index (κ1) is 11.7. The Morgan fingerprint density at radius 2 is 2.24 bits per heavy atom. The molecule has 1 aromatic rings. The van der Waals surface area contributed by atoms with Crippen LogP contribution in [0.25, 0.3) is 0 Å². The summed E-state index contributed by atoms with van der Waals surface area (Å²) in [5, 5.41) is 2.20. The van der Waals surface area contributed by atoms with Gasteiger partial charge in [-0.05, 0) is 37.8 Å². The van der Waals surface area contributed by atoms with Gasteiger partial charge < -0.3 is 0 Å². The molecule has 0 spiro atoms. The molecule has 0 aliphatic carbocycles. The van der Waals surface area contributed by atoms with E-state index in [-0.39, 0.29) is 0 Å². The third-order valence-corrected chi connectivity index (χ3v) is 5.41. The number of hydrogen-bond donors (Lipinski definition) is 0. The Hall–Kier alpha value is -0.380. The van der Waals surface area contributed by atoms with Crippen LogP contribution in [0.5, 0.6) is 0 Å². The zero-order chi connectivity index (χ0) is 11.7. The van der Waals surface area contributed by atoms with Gasteiger partial charge in [0, 0.05) is 36.6 Å². The van der Waals surface area contributed by atoms with Gasteiger partial charge in [0.2, 0.25) is 0 Å². The first-order valence-electron chi connectivity index (χ1n) is 6.86. The van der Waals surface area contributed by atoms with Crippen molar-refractivity contribution in [1.29, 1.82) is 0 Å². The van der Waals surface area contributed by atoms with Gasteiger partial charge in [-0.2, -0.15) is 0 Å². The van der Waals surface area contributed by atoms with Crippen molar-refractivity contribution in [1.82, 2.24) is 9.80 Å². The second kappa shape index (κ2) is 5.09. The Morgan fingerprint density at radius 1 is 1.29 bits per heavy atom. The summed E-state index contributed by atoms with van der Waals surface area (Å²) >= 11 is 1.90. The van der Waals surface area contributed by atoms with E-state index in [4.69, 9.17) is 0 Å². The van der Waals surface area contributed by atoms with E-state index in [0.29, 0.717) is 6.04 Å². The fourth-order valence-electron chi connectivity index (χ4n) is 3.24. The number of thiophene rings is 1. The standard InChI is InChI=1S/C14H22N2S/c1-12(14-6-4-10-17-14)16-9-8-15-7-3-2-5-13(15)11-16/h4,6,10,12-13H,2-3,5,7-9,11H2,1H3. The molecule has 2 saturated heterocycles. The molecule has 94 valence electrons. The third kappa shape index (κ3) is 2.42. The predicted octanol–water partition coefficient (Wildman–Crippen LogP) is 2.98. The molecule has 0 N–H and O–H groups in total. The molecule has 0 radical (unpaired) electrons. The van der Waals surface area contributed by atoms with E-state index in [2.05, 4.69) is 34.2 Å². The van der Waals surface area contributed by atoms with Gasteiger partial charge in [0.25, 0.3) is 0 Å². The lowest BCUT2D eigenvalue weighted by molar-refractivity contribution is 0.0314. The van der Waals surface area contributed by atoms with E-state index in [1.54, 1.807) is 0 Å². The van der Waals surface area contributed by atoms with Crippen LogP contribution in [0.2, 0.25) is 0 Å². The number of piperazine rings is 1. The quantitative estimate of drug-likeness (QED) is 0.796. The minimum atomic E-state index is 0.610. The molecule has 2 aliphatic heterocycles. The normalized spacial score (nSPS) is 28.9. The highest BCUT2D eigenvalue weighted by Gasteiger charge is 2.31. The van der Waals surface area contributed by atoms with Crippen LogP contribution >= 0.6 is 11.3 Å².